The second-order valence-corrected chi connectivity index (χ2v) is 7.50. The van der Waals surface area contributed by atoms with Crippen LogP contribution in [0.5, 0.6) is 0 Å². The lowest BCUT2D eigenvalue weighted by Gasteiger charge is -2.38. The largest absolute Gasteiger partial charge is 0.433 e. The highest BCUT2D eigenvalue weighted by atomic mass is 19.3. The Hall–Kier alpha value is -1.19. The average molecular weight is 342 g/mol. The lowest BCUT2D eigenvalue weighted by atomic mass is 9.69. The molecule has 0 aromatic heterocycles. The van der Waals surface area contributed by atoms with Gasteiger partial charge in [-0.3, -0.25) is 0 Å². The first-order valence-electron chi connectivity index (χ1n) is 9.07. The molecule has 0 saturated heterocycles. The van der Waals surface area contributed by atoms with Crippen LogP contribution in [0, 0.1) is 23.7 Å². The van der Waals surface area contributed by atoms with Gasteiger partial charge in [0.2, 0.25) is 0 Å². The van der Waals surface area contributed by atoms with Crippen LogP contribution in [-0.2, 0) is 4.74 Å². The summed E-state index contributed by atoms with van der Waals surface area (Å²) in [6, 6.07) is 0. The summed E-state index contributed by atoms with van der Waals surface area (Å²) in [5.41, 5.74) is 0. The second-order valence-electron chi connectivity index (χ2n) is 7.50. The lowest BCUT2D eigenvalue weighted by molar-refractivity contribution is -0.254. The standard InChI is InChI=1S/C20H29F3O/c1-4-19(21)13-15(3)24-20(22,23)18-11-9-17(10-12-18)16-7-5-14(2)6-8-16/h4,13-14,16-18H,1,3,5-12H2,2H3/b19-13+. The molecule has 0 heterocycles. The molecular weight excluding hydrogens is 313 g/mol. The number of alkyl halides is 2. The maximum atomic E-state index is 14.3. The van der Waals surface area contributed by atoms with Crippen LogP contribution in [0.25, 0.3) is 0 Å². The van der Waals surface area contributed by atoms with Gasteiger partial charge < -0.3 is 4.74 Å². The molecule has 2 saturated carbocycles. The molecule has 2 rings (SSSR count). The van der Waals surface area contributed by atoms with Crippen LogP contribution in [-0.4, -0.2) is 6.11 Å². The third kappa shape index (κ3) is 5.15. The number of rotatable bonds is 6. The highest BCUT2D eigenvalue weighted by molar-refractivity contribution is 5.18. The Morgan fingerprint density at radius 3 is 2.00 bits per heavy atom. The van der Waals surface area contributed by atoms with Crippen molar-refractivity contribution < 1.29 is 17.9 Å². The number of hydrogen-bond acceptors (Lipinski definition) is 1. The second kappa shape index (κ2) is 8.26. The first-order valence-corrected chi connectivity index (χ1v) is 9.07. The van der Waals surface area contributed by atoms with Crippen molar-refractivity contribution in [3.8, 4) is 0 Å². The van der Waals surface area contributed by atoms with Gasteiger partial charge in [0.15, 0.2) is 0 Å². The molecule has 0 amide bonds. The molecule has 2 aliphatic rings. The van der Waals surface area contributed by atoms with E-state index in [1.54, 1.807) is 0 Å². The summed E-state index contributed by atoms with van der Waals surface area (Å²) >= 11 is 0. The smallest absolute Gasteiger partial charge is 0.400 e. The van der Waals surface area contributed by atoms with E-state index in [0.29, 0.717) is 24.7 Å². The van der Waals surface area contributed by atoms with Gasteiger partial charge in [-0.15, -0.1) is 0 Å². The predicted octanol–water partition coefficient (Wildman–Crippen LogP) is 6.78. The maximum absolute atomic E-state index is 14.3. The van der Waals surface area contributed by atoms with E-state index >= 15 is 0 Å². The Balaban J connectivity index is 1.84. The fraction of sp³-hybridized carbons (Fsp3) is 0.700. The van der Waals surface area contributed by atoms with Crippen LogP contribution in [0.3, 0.4) is 0 Å². The number of halogens is 3. The van der Waals surface area contributed by atoms with Crippen molar-refractivity contribution in [1.82, 2.24) is 0 Å². The van der Waals surface area contributed by atoms with Gasteiger partial charge in [-0.25, -0.2) is 4.39 Å². The Bertz CT molecular complexity index is 467. The minimum atomic E-state index is -3.29. The number of ether oxygens (including phenoxy) is 1. The van der Waals surface area contributed by atoms with Gasteiger partial charge >= 0.3 is 6.11 Å². The summed E-state index contributed by atoms with van der Waals surface area (Å²) < 4.78 is 46.2. The van der Waals surface area contributed by atoms with E-state index < -0.39 is 17.9 Å². The Morgan fingerprint density at radius 1 is 1.00 bits per heavy atom. The van der Waals surface area contributed by atoms with E-state index in [4.69, 9.17) is 0 Å². The summed E-state index contributed by atoms with van der Waals surface area (Å²) in [6.07, 6.45) is 6.11. The van der Waals surface area contributed by atoms with Gasteiger partial charge in [-0.1, -0.05) is 32.9 Å². The summed E-state index contributed by atoms with van der Waals surface area (Å²) in [6.45, 7) is 8.87. The van der Waals surface area contributed by atoms with Crippen LogP contribution in [0.2, 0.25) is 0 Å². The molecule has 136 valence electrons. The molecule has 0 bridgehead atoms. The maximum Gasteiger partial charge on any atom is 0.400 e. The van der Waals surface area contributed by atoms with E-state index in [0.717, 1.165) is 30.9 Å². The third-order valence-corrected chi connectivity index (χ3v) is 5.74. The zero-order valence-corrected chi connectivity index (χ0v) is 14.6. The summed E-state index contributed by atoms with van der Waals surface area (Å²) in [5.74, 6) is 0.188. The Kier molecular flexibility index (Phi) is 6.59. The molecule has 0 aliphatic heterocycles. The summed E-state index contributed by atoms with van der Waals surface area (Å²) in [7, 11) is 0. The van der Waals surface area contributed by atoms with Crippen LogP contribution >= 0.6 is 0 Å². The normalized spacial score (nSPS) is 32.2. The first-order chi connectivity index (χ1) is 11.3. The molecule has 2 fully saturated rings. The molecule has 1 nitrogen and oxygen atoms in total. The van der Waals surface area contributed by atoms with Crippen molar-refractivity contribution in [3.63, 3.8) is 0 Å². The zero-order valence-electron chi connectivity index (χ0n) is 14.6. The van der Waals surface area contributed by atoms with Crippen molar-refractivity contribution in [2.45, 2.75) is 64.4 Å². The number of hydrogen-bond donors (Lipinski definition) is 0. The number of allylic oxidation sites excluding steroid dienone is 3. The van der Waals surface area contributed by atoms with Crippen molar-refractivity contribution in [1.29, 1.82) is 0 Å². The topological polar surface area (TPSA) is 9.23 Å². The van der Waals surface area contributed by atoms with E-state index in [2.05, 4.69) is 24.8 Å². The zero-order chi connectivity index (χ0) is 17.7. The van der Waals surface area contributed by atoms with Crippen molar-refractivity contribution >= 4 is 0 Å². The average Bonchev–Trinajstić information content (AvgIpc) is 2.55. The van der Waals surface area contributed by atoms with Crippen LogP contribution in [0.4, 0.5) is 13.2 Å². The summed E-state index contributed by atoms with van der Waals surface area (Å²) in [5, 5.41) is 0. The summed E-state index contributed by atoms with van der Waals surface area (Å²) in [4.78, 5) is 0. The van der Waals surface area contributed by atoms with Crippen LogP contribution < -0.4 is 0 Å². The van der Waals surface area contributed by atoms with Crippen LogP contribution in [0.15, 0.2) is 36.9 Å². The molecular formula is C20H29F3O. The van der Waals surface area contributed by atoms with E-state index in [-0.39, 0.29) is 5.76 Å². The quantitative estimate of drug-likeness (QED) is 0.382. The van der Waals surface area contributed by atoms with Gasteiger partial charge in [0.05, 0.1) is 5.92 Å². The highest BCUT2D eigenvalue weighted by Gasteiger charge is 2.45. The molecule has 0 N–H and O–H groups in total. The molecule has 4 heteroatoms. The molecule has 0 radical (unpaired) electrons. The third-order valence-electron chi connectivity index (χ3n) is 5.74. The van der Waals surface area contributed by atoms with Gasteiger partial charge in [-0.2, -0.15) is 8.78 Å². The van der Waals surface area contributed by atoms with Gasteiger partial charge in [0.1, 0.15) is 11.6 Å². The highest BCUT2D eigenvalue weighted by Crippen LogP contribution is 2.45. The van der Waals surface area contributed by atoms with E-state index in [1.165, 1.54) is 25.7 Å². The van der Waals surface area contributed by atoms with Crippen molar-refractivity contribution in [2.24, 2.45) is 23.7 Å². The molecule has 0 spiro atoms. The molecule has 2 aliphatic carbocycles. The molecule has 0 unspecified atom stereocenters. The van der Waals surface area contributed by atoms with Crippen molar-refractivity contribution in [3.05, 3.63) is 36.9 Å². The van der Waals surface area contributed by atoms with Gasteiger partial charge in [0, 0.05) is 6.08 Å². The fourth-order valence-electron chi connectivity index (χ4n) is 4.18. The molecule has 24 heavy (non-hydrogen) atoms. The first kappa shape index (κ1) is 19.1. The Morgan fingerprint density at radius 2 is 1.50 bits per heavy atom. The minimum Gasteiger partial charge on any atom is -0.433 e. The fourth-order valence-corrected chi connectivity index (χ4v) is 4.18. The Labute approximate surface area is 143 Å². The van der Waals surface area contributed by atoms with Gasteiger partial charge in [-0.05, 0) is 62.4 Å². The molecule has 0 aromatic rings. The van der Waals surface area contributed by atoms with Crippen LogP contribution in [0.1, 0.15) is 58.3 Å². The van der Waals surface area contributed by atoms with E-state index in [9.17, 15) is 13.2 Å². The van der Waals surface area contributed by atoms with E-state index in [1.807, 2.05) is 0 Å². The predicted molar refractivity (Wildman–Crippen MR) is 91.1 cm³/mol. The monoisotopic (exact) mass is 342 g/mol. The minimum absolute atomic E-state index is 0.360. The molecule has 0 atom stereocenters. The SMILES string of the molecule is C=C/C(F)=C\C(=C)OC(F)(F)C1CCC(C2CCC(C)CC2)CC1. The van der Waals surface area contributed by atoms with Crippen molar-refractivity contribution in [2.75, 3.05) is 0 Å². The molecule has 0 aromatic carbocycles. The van der Waals surface area contributed by atoms with Gasteiger partial charge in [0.25, 0.3) is 0 Å². The lowest BCUT2D eigenvalue weighted by Crippen LogP contribution is -2.35.